The first-order valence-electron chi connectivity index (χ1n) is 11.1. The number of anilines is 1. The molecule has 30 heavy (non-hydrogen) atoms. The second kappa shape index (κ2) is 9.67. The van der Waals surface area contributed by atoms with E-state index in [4.69, 9.17) is 14.7 Å². The van der Waals surface area contributed by atoms with Gasteiger partial charge in [0.15, 0.2) is 0 Å². The van der Waals surface area contributed by atoms with Crippen molar-refractivity contribution in [2.45, 2.75) is 51.5 Å². The molecule has 6 nitrogen and oxygen atoms in total. The number of aryl methyl sites for hydroxylation is 2. The number of ether oxygens (including phenoxy) is 1. The van der Waals surface area contributed by atoms with Gasteiger partial charge in [-0.15, -0.1) is 0 Å². The third kappa shape index (κ3) is 4.55. The van der Waals surface area contributed by atoms with Gasteiger partial charge in [-0.1, -0.05) is 30.3 Å². The number of nitrogens with zero attached hydrogens (tertiary/aromatic N) is 4. The Morgan fingerprint density at radius 3 is 2.77 bits per heavy atom. The molecule has 1 fully saturated rings. The zero-order chi connectivity index (χ0) is 20.9. The fourth-order valence-corrected chi connectivity index (χ4v) is 4.66. The summed E-state index contributed by atoms with van der Waals surface area (Å²) < 4.78 is 5.28. The first kappa shape index (κ1) is 20.9. The first-order chi connectivity index (χ1) is 14.7. The Kier molecular flexibility index (Phi) is 6.75. The zero-order valence-corrected chi connectivity index (χ0v) is 18.1. The molecule has 0 bridgehead atoms. The van der Waals surface area contributed by atoms with Crippen LogP contribution in [-0.4, -0.2) is 54.1 Å². The quantitative estimate of drug-likeness (QED) is 0.669. The van der Waals surface area contributed by atoms with Crippen molar-refractivity contribution < 1.29 is 9.53 Å². The van der Waals surface area contributed by atoms with Crippen molar-refractivity contribution in [3.63, 3.8) is 0 Å². The molecule has 4 rings (SSSR count). The van der Waals surface area contributed by atoms with Crippen LogP contribution in [0.2, 0.25) is 0 Å². The first-order valence-corrected chi connectivity index (χ1v) is 11.1. The summed E-state index contributed by atoms with van der Waals surface area (Å²) in [6, 6.07) is 10.7. The third-order valence-corrected chi connectivity index (χ3v) is 6.29. The number of aromatic nitrogens is 2. The number of likely N-dealkylation sites (tertiary alicyclic amines) is 1. The topological polar surface area (TPSA) is 58.6 Å². The monoisotopic (exact) mass is 408 g/mol. The van der Waals surface area contributed by atoms with E-state index >= 15 is 0 Å². The Hall–Kier alpha value is -2.31. The number of rotatable bonds is 8. The summed E-state index contributed by atoms with van der Waals surface area (Å²) >= 11 is 0. The summed E-state index contributed by atoms with van der Waals surface area (Å²) in [5.74, 6) is 1.89. The SMILES string of the molecule is COCCN1CCCC1c1nc(C)c2c(n1)N(CCCc1ccccc1)C(=O)CC2. The lowest BCUT2D eigenvalue weighted by atomic mass is 10.0. The highest BCUT2D eigenvalue weighted by Crippen LogP contribution is 2.34. The molecule has 0 aliphatic carbocycles. The number of methoxy groups -OCH3 is 1. The molecule has 0 N–H and O–H groups in total. The van der Waals surface area contributed by atoms with E-state index in [9.17, 15) is 4.79 Å². The van der Waals surface area contributed by atoms with Crippen molar-refractivity contribution in [2.24, 2.45) is 0 Å². The van der Waals surface area contributed by atoms with Crippen molar-refractivity contribution in [1.82, 2.24) is 14.9 Å². The summed E-state index contributed by atoms with van der Waals surface area (Å²) in [5, 5.41) is 0. The van der Waals surface area contributed by atoms with Crippen LogP contribution in [0.3, 0.4) is 0 Å². The largest absolute Gasteiger partial charge is 0.383 e. The highest BCUT2D eigenvalue weighted by atomic mass is 16.5. The average Bonchev–Trinajstić information content (AvgIpc) is 3.23. The minimum absolute atomic E-state index is 0.183. The van der Waals surface area contributed by atoms with E-state index in [0.29, 0.717) is 19.6 Å². The average molecular weight is 409 g/mol. The number of amides is 1. The van der Waals surface area contributed by atoms with Crippen LogP contribution in [0.4, 0.5) is 5.82 Å². The number of carbonyl (C=O) groups is 1. The molecule has 1 aromatic heterocycles. The Morgan fingerprint density at radius 2 is 1.97 bits per heavy atom. The van der Waals surface area contributed by atoms with Gasteiger partial charge in [-0.25, -0.2) is 9.97 Å². The number of hydrogen-bond donors (Lipinski definition) is 0. The molecular weight excluding hydrogens is 376 g/mol. The van der Waals surface area contributed by atoms with Gasteiger partial charge < -0.3 is 4.74 Å². The van der Waals surface area contributed by atoms with Gasteiger partial charge in [0.1, 0.15) is 11.6 Å². The predicted octanol–water partition coefficient (Wildman–Crippen LogP) is 3.48. The standard InChI is InChI=1S/C24H32N4O2/c1-18-20-12-13-22(29)28(15-6-10-19-8-4-3-5-9-19)24(20)26-23(25-18)21-11-7-14-27(21)16-17-30-2/h3-5,8-9,21H,6-7,10-17H2,1-2H3. The second-order valence-corrected chi connectivity index (χ2v) is 8.29. The van der Waals surface area contributed by atoms with Crippen LogP contribution in [0, 0.1) is 6.92 Å². The van der Waals surface area contributed by atoms with Crippen molar-refractivity contribution in [3.05, 3.63) is 53.0 Å². The summed E-state index contributed by atoms with van der Waals surface area (Å²) in [6.45, 7) is 5.42. The molecule has 160 valence electrons. The molecule has 0 radical (unpaired) electrons. The summed E-state index contributed by atoms with van der Waals surface area (Å²) in [7, 11) is 1.74. The minimum Gasteiger partial charge on any atom is -0.383 e. The molecule has 1 unspecified atom stereocenters. The van der Waals surface area contributed by atoms with E-state index in [1.165, 1.54) is 5.56 Å². The fraction of sp³-hybridized carbons (Fsp3) is 0.542. The maximum Gasteiger partial charge on any atom is 0.228 e. The van der Waals surface area contributed by atoms with E-state index in [1.807, 2.05) is 11.0 Å². The van der Waals surface area contributed by atoms with Crippen LogP contribution in [-0.2, 0) is 22.4 Å². The highest BCUT2D eigenvalue weighted by molar-refractivity contribution is 5.95. The van der Waals surface area contributed by atoms with Crippen LogP contribution >= 0.6 is 0 Å². The van der Waals surface area contributed by atoms with Crippen molar-refractivity contribution >= 4 is 11.7 Å². The third-order valence-electron chi connectivity index (χ3n) is 6.29. The van der Waals surface area contributed by atoms with Crippen molar-refractivity contribution in [3.8, 4) is 0 Å². The van der Waals surface area contributed by atoms with Gasteiger partial charge in [0.2, 0.25) is 5.91 Å². The van der Waals surface area contributed by atoms with Gasteiger partial charge in [0.25, 0.3) is 0 Å². The molecule has 1 amide bonds. The number of hydrogen-bond acceptors (Lipinski definition) is 5. The summed E-state index contributed by atoms with van der Waals surface area (Å²) in [6.07, 6.45) is 5.39. The Morgan fingerprint density at radius 1 is 1.13 bits per heavy atom. The lowest BCUT2D eigenvalue weighted by Crippen LogP contribution is -2.38. The van der Waals surface area contributed by atoms with Crippen LogP contribution in [0.25, 0.3) is 0 Å². The minimum atomic E-state index is 0.183. The number of carbonyl (C=O) groups excluding carboxylic acids is 1. The van der Waals surface area contributed by atoms with Crippen LogP contribution in [0.5, 0.6) is 0 Å². The summed E-state index contributed by atoms with van der Waals surface area (Å²) in [5.41, 5.74) is 3.47. The fourth-order valence-electron chi connectivity index (χ4n) is 4.66. The maximum atomic E-state index is 12.8. The van der Waals surface area contributed by atoms with Gasteiger partial charge in [-0.2, -0.15) is 0 Å². The predicted molar refractivity (Wildman–Crippen MR) is 118 cm³/mol. The van der Waals surface area contributed by atoms with Crippen LogP contribution in [0.1, 0.15) is 54.4 Å². The van der Waals surface area contributed by atoms with Gasteiger partial charge >= 0.3 is 0 Å². The Balaban J connectivity index is 1.54. The van der Waals surface area contributed by atoms with Crippen LogP contribution in [0.15, 0.2) is 30.3 Å². The number of fused-ring (bicyclic) bond motifs is 1. The molecular formula is C24H32N4O2. The van der Waals surface area contributed by atoms with Gasteiger partial charge in [-0.05, 0) is 51.1 Å². The van der Waals surface area contributed by atoms with E-state index < -0.39 is 0 Å². The van der Waals surface area contributed by atoms with Crippen molar-refractivity contribution in [1.29, 1.82) is 0 Å². The molecule has 2 aliphatic rings. The molecule has 1 atom stereocenters. The Bertz CT molecular complexity index is 871. The molecule has 1 saturated heterocycles. The molecule has 0 spiro atoms. The highest BCUT2D eigenvalue weighted by Gasteiger charge is 2.32. The smallest absolute Gasteiger partial charge is 0.228 e. The van der Waals surface area contributed by atoms with E-state index in [1.54, 1.807) is 7.11 Å². The van der Waals surface area contributed by atoms with Gasteiger partial charge in [0, 0.05) is 37.9 Å². The molecule has 0 saturated carbocycles. The Labute approximate surface area is 179 Å². The molecule has 2 aliphatic heterocycles. The summed E-state index contributed by atoms with van der Waals surface area (Å²) in [4.78, 5) is 27.0. The van der Waals surface area contributed by atoms with E-state index in [-0.39, 0.29) is 11.9 Å². The molecule has 2 aromatic rings. The van der Waals surface area contributed by atoms with E-state index in [0.717, 1.165) is 68.1 Å². The molecule has 6 heteroatoms. The lowest BCUT2D eigenvalue weighted by Gasteiger charge is -2.31. The normalized spacial score (nSPS) is 19.3. The van der Waals surface area contributed by atoms with Crippen LogP contribution < -0.4 is 4.90 Å². The lowest BCUT2D eigenvalue weighted by molar-refractivity contribution is -0.119. The van der Waals surface area contributed by atoms with E-state index in [2.05, 4.69) is 36.1 Å². The van der Waals surface area contributed by atoms with Gasteiger partial charge in [0.05, 0.1) is 12.6 Å². The van der Waals surface area contributed by atoms with Crippen molar-refractivity contribution in [2.75, 3.05) is 38.3 Å². The zero-order valence-electron chi connectivity index (χ0n) is 18.1. The van der Waals surface area contributed by atoms with Gasteiger partial charge in [-0.3, -0.25) is 14.6 Å². The molecule has 1 aromatic carbocycles. The molecule has 3 heterocycles. The second-order valence-electron chi connectivity index (χ2n) is 8.29. The maximum absolute atomic E-state index is 12.8. The number of benzene rings is 1.